The summed E-state index contributed by atoms with van der Waals surface area (Å²) in [4.78, 5) is 26.2. The lowest BCUT2D eigenvalue weighted by atomic mass is 9.78. The van der Waals surface area contributed by atoms with E-state index in [0.717, 1.165) is 4.90 Å². The van der Waals surface area contributed by atoms with Crippen LogP contribution in [-0.2, 0) is 16.6 Å². The fourth-order valence-corrected chi connectivity index (χ4v) is 4.41. The Morgan fingerprint density at radius 1 is 1.46 bits per heavy atom. The fraction of sp³-hybridized carbons (Fsp3) is 0.421. The minimum Gasteiger partial charge on any atom is -0.543 e. The van der Waals surface area contributed by atoms with Gasteiger partial charge in [0.05, 0.1) is 29.7 Å². The molecular formula is C19H22N2O4S. The summed E-state index contributed by atoms with van der Waals surface area (Å²) in [5.74, 6) is -1.71. The third-order valence-electron chi connectivity index (χ3n) is 5.01. The first-order chi connectivity index (χ1) is 12.3. The molecule has 0 aromatic carbocycles. The van der Waals surface area contributed by atoms with Crippen LogP contribution in [0.2, 0.25) is 0 Å². The van der Waals surface area contributed by atoms with Crippen molar-refractivity contribution in [1.29, 1.82) is 0 Å². The van der Waals surface area contributed by atoms with Gasteiger partial charge in [-0.25, -0.2) is 4.57 Å². The van der Waals surface area contributed by atoms with E-state index in [9.17, 15) is 19.8 Å². The average molecular weight is 374 g/mol. The number of aliphatic hydroxyl groups excluding tert-OH is 1. The second-order valence-corrected chi connectivity index (χ2v) is 7.85. The summed E-state index contributed by atoms with van der Waals surface area (Å²) in [5, 5.41) is 21.4. The van der Waals surface area contributed by atoms with Crippen molar-refractivity contribution in [2.75, 3.05) is 5.75 Å². The van der Waals surface area contributed by atoms with Crippen molar-refractivity contribution in [1.82, 2.24) is 4.90 Å². The van der Waals surface area contributed by atoms with Crippen LogP contribution in [0.4, 0.5) is 0 Å². The van der Waals surface area contributed by atoms with Crippen LogP contribution in [0.3, 0.4) is 0 Å². The molecule has 0 unspecified atom stereocenters. The Labute approximate surface area is 156 Å². The number of aryl methyl sites for hydroxylation is 1. The van der Waals surface area contributed by atoms with E-state index in [2.05, 4.69) is 0 Å². The first-order valence-corrected chi connectivity index (χ1v) is 9.52. The largest absolute Gasteiger partial charge is 0.543 e. The Morgan fingerprint density at radius 3 is 2.69 bits per heavy atom. The maximum Gasteiger partial charge on any atom is 0.235 e. The number of rotatable bonds is 6. The number of fused-ring (bicyclic) bond motifs is 1. The van der Waals surface area contributed by atoms with Crippen LogP contribution in [0, 0.1) is 11.8 Å². The van der Waals surface area contributed by atoms with Crippen molar-refractivity contribution >= 4 is 23.6 Å². The molecule has 0 spiro atoms. The van der Waals surface area contributed by atoms with Crippen LogP contribution in [-0.4, -0.2) is 39.8 Å². The second kappa shape index (κ2) is 7.25. The molecule has 1 saturated heterocycles. The quantitative estimate of drug-likeness (QED) is 0.431. The molecule has 0 aliphatic carbocycles. The summed E-state index contributed by atoms with van der Waals surface area (Å²) < 4.78 is 1.96. The lowest BCUT2D eigenvalue weighted by Gasteiger charge is -2.47. The molecule has 7 heteroatoms. The van der Waals surface area contributed by atoms with Gasteiger partial charge in [0.2, 0.25) is 5.91 Å². The van der Waals surface area contributed by atoms with E-state index < -0.39 is 18.0 Å². The van der Waals surface area contributed by atoms with Gasteiger partial charge in [-0.1, -0.05) is 19.1 Å². The maximum absolute atomic E-state index is 12.2. The van der Waals surface area contributed by atoms with Gasteiger partial charge < -0.3 is 19.9 Å². The molecule has 1 N–H and O–H groups in total. The van der Waals surface area contributed by atoms with Gasteiger partial charge in [-0.15, -0.1) is 11.8 Å². The van der Waals surface area contributed by atoms with Crippen LogP contribution in [0.15, 0.2) is 52.8 Å². The number of carboxylic acids is 1. The summed E-state index contributed by atoms with van der Waals surface area (Å²) in [5.41, 5.74) is 0.531. The van der Waals surface area contributed by atoms with Gasteiger partial charge in [0.1, 0.15) is 7.05 Å². The number of nitrogens with zero attached hydrogens (tertiary/aromatic N) is 2. The molecule has 1 fully saturated rings. The van der Waals surface area contributed by atoms with Crippen molar-refractivity contribution in [3.05, 3.63) is 47.9 Å². The molecular weight excluding hydrogens is 352 g/mol. The predicted octanol–water partition coefficient (Wildman–Crippen LogP) is 0.0209. The Balaban J connectivity index is 1.74. The van der Waals surface area contributed by atoms with Crippen LogP contribution in [0.1, 0.15) is 13.8 Å². The topological polar surface area (TPSA) is 84.5 Å². The summed E-state index contributed by atoms with van der Waals surface area (Å²) in [6.45, 7) is 3.45. The lowest BCUT2D eigenvalue weighted by Crippen LogP contribution is -2.64. The van der Waals surface area contributed by atoms with Gasteiger partial charge in [-0.05, 0) is 12.5 Å². The minimum atomic E-state index is -1.35. The van der Waals surface area contributed by atoms with Gasteiger partial charge in [0.15, 0.2) is 12.4 Å². The number of thioether (sulfide) groups is 1. The van der Waals surface area contributed by atoms with Crippen molar-refractivity contribution in [3.8, 4) is 0 Å². The Morgan fingerprint density at radius 2 is 2.12 bits per heavy atom. The van der Waals surface area contributed by atoms with E-state index in [4.69, 9.17) is 0 Å². The number of aromatic nitrogens is 1. The number of amides is 1. The summed E-state index contributed by atoms with van der Waals surface area (Å²) in [6, 6.07) is 3.72. The molecule has 26 heavy (non-hydrogen) atoms. The van der Waals surface area contributed by atoms with E-state index in [1.54, 1.807) is 24.8 Å². The van der Waals surface area contributed by atoms with E-state index in [0.29, 0.717) is 11.3 Å². The maximum atomic E-state index is 12.2. The normalized spacial score (nSPS) is 26.2. The number of pyridine rings is 1. The molecule has 0 radical (unpaired) electrons. The standard InChI is InChI=1S/C19H22N2O4S/c1-11-14(5-4-10-26-13-6-8-20(3)9-7-13)17(19(24)25)21-16(11)15(12(2)22)18(21)23/h4-9,11-12,15-16,22H,10H2,1-3H3/b5-4+/t11-,12+,15+,16+/m0/s1. The zero-order valence-electron chi connectivity index (χ0n) is 15.0. The smallest absolute Gasteiger partial charge is 0.235 e. The third-order valence-corrected chi connectivity index (χ3v) is 5.98. The van der Waals surface area contributed by atoms with Crippen molar-refractivity contribution < 1.29 is 24.4 Å². The van der Waals surface area contributed by atoms with Gasteiger partial charge in [-0.3, -0.25) is 4.79 Å². The second-order valence-electron chi connectivity index (χ2n) is 6.76. The Kier molecular flexibility index (Phi) is 5.20. The number of aliphatic hydroxyl groups is 1. The lowest BCUT2D eigenvalue weighted by molar-refractivity contribution is -0.671. The zero-order chi connectivity index (χ0) is 19.0. The van der Waals surface area contributed by atoms with Crippen molar-refractivity contribution in [2.24, 2.45) is 18.9 Å². The van der Waals surface area contributed by atoms with Crippen LogP contribution < -0.4 is 9.67 Å². The van der Waals surface area contributed by atoms with Crippen LogP contribution in [0.25, 0.3) is 0 Å². The number of hydrogen-bond donors (Lipinski definition) is 1. The van der Waals surface area contributed by atoms with Crippen molar-refractivity contribution in [2.45, 2.75) is 30.9 Å². The molecule has 1 aromatic rings. The van der Waals surface area contributed by atoms with Gasteiger partial charge in [0, 0.05) is 28.7 Å². The minimum absolute atomic E-state index is 0.0580. The summed E-state index contributed by atoms with van der Waals surface area (Å²) in [7, 11) is 1.95. The number of β-lactam (4-membered cyclic amide) rings is 1. The van der Waals surface area contributed by atoms with Crippen LogP contribution in [0.5, 0.6) is 0 Å². The highest BCUT2D eigenvalue weighted by Gasteiger charge is 2.58. The molecule has 1 amide bonds. The van der Waals surface area contributed by atoms with E-state index in [1.807, 2.05) is 49.1 Å². The van der Waals surface area contributed by atoms with Crippen molar-refractivity contribution in [3.63, 3.8) is 0 Å². The molecule has 0 saturated carbocycles. The highest BCUT2D eigenvalue weighted by Crippen LogP contribution is 2.47. The third kappa shape index (κ3) is 3.17. The first kappa shape index (κ1) is 18.7. The SMILES string of the molecule is C[C@@H](O)[C@H]1C(=O)N2C(C(=O)[O-])=C(/C=C/CSc3cc[n+](C)cc3)[C@H](C)[C@H]12. The van der Waals surface area contributed by atoms with Gasteiger partial charge >= 0.3 is 0 Å². The number of carbonyl (C=O) groups is 2. The molecule has 3 rings (SSSR count). The summed E-state index contributed by atoms with van der Waals surface area (Å²) >= 11 is 1.64. The molecule has 2 aliphatic rings. The number of carbonyl (C=O) groups excluding carboxylic acids is 2. The first-order valence-electron chi connectivity index (χ1n) is 8.54. The Bertz CT molecular complexity index is 785. The number of aliphatic carboxylic acids is 1. The highest BCUT2D eigenvalue weighted by atomic mass is 32.2. The zero-order valence-corrected chi connectivity index (χ0v) is 15.8. The Hall–Kier alpha value is -2.12. The molecule has 4 atom stereocenters. The van der Waals surface area contributed by atoms with Gasteiger partial charge in [-0.2, -0.15) is 0 Å². The van der Waals surface area contributed by atoms with E-state index >= 15 is 0 Å². The molecule has 3 heterocycles. The molecule has 6 nitrogen and oxygen atoms in total. The van der Waals surface area contributed by atoms with Gasteiger partial charge in [0.25, 0.3) is 0 Å². The van der Waals surface area contributed by atoms with Crippen LogP contribution >= 0.6 is 11.8 Å². The number of carboxylic acid groups (broad SMARTS) is 1. The fourth-order valence-electron chi connectivity index (χ4n) is 3.71. The molecule has 1 aromatic heterocycles. The summed E-state index contributed by atoms with van der Waals surface area (Å²) in [6.07, 6.45) is 6.81. The number of allylic oxidation sites excluding steroid dienone is 1. The number of hydrogen-bond acceptors (Lipinski definition) is 5. The molecule has 138 valence electrons. The molecule has 0 bridgehead atoms. The highest BCUT2D eigenvalue weighted by molar-refractivity contribution is 7.99. The average Bonchev–Trinajstić information content (AvgIpc) is 2.82. The monoisotopic (exact) mass is 374 g/mol. The molecule has 2 aliphatic heterocycles. The van der Waals surface area contributed by atoms with E-state index in [1.165, 1.54) is 4.90 Å². The van der Waals surface area contributed by atoms with E-state index in [-0.39, 0.29) is 23.6 Å². The predicted molar refractivity (Wildman–Crippen MR) is 94.5 cm³/mol.